The molecule has 0 aliphatic heterocycles. The number of nitrogens with one attached hydrogen (secondary N) is 1. The SMILES string of the molecule is CCCCCCCCCCCCN[C@H](C(N)=O)[C@@H](C)CC. The fourth-order valence-corrected chi connectivity index (χ4v) is 2.69. The van der Waals surface area contributed by atoms with E-state index in [0.717, 1.165) is 19.4 Å². The zero-order chi connectivity index (χ0) is 15.9. The van der Waals surface area contributed by atoms with Crippen LogP contribution in [0.25, 0.3) is 0 Å². The van der Waals surface area contributed by atoms with Crippen molar-refractivity contribution in [3.8, 4) is 0 Å². The summed E-state index contributed by atoms with van der Waals surface area (Å²) in [5.74, 6) is 0.113. The van der Waals surface area contributed by atoms with E-state index < -0.39 is 0 Å². The molecule has 0 rings (SSSR count). The van der Waals surface area contributed by atoms with Crippen LogP contribution in [-0.2, 0) is 4.79 Å². The van der Waals surface area contributed by atoms with Crippen LogP contribution in [0.3, 0.4) is 0 Å². The Kier molecular flexibility index (Phi) is 14.0. The summed E-state index contributed by atoms with van der Waals surface area (Å²) in [5.41, 5.74) is 5.44. The van der Waals surface area contributed by atoms with Crippen molar-refractivity contribution >= 4 is 5.91 Å². The van der Waals surface area contributed by atoms with Crippen molar-refractivity contribution in [3.63, 3.8) is 0 Å². The summed E-state index contributed by atoms with van der Waals surface area (Å²) in [7, 11) is 0. The standard InChI is InChI=1S/C18H38N2O/c1-4-6-7-8-9-10-11-12-13-14-15-20-17(18(19)21)16(3)5-2/h16-17,20H,4-15H2,1-3H3,(H2,19,21)/t16-,17-/m0/s1. The zero-order valence-electron chi connectivity index (χ0n) is 14.6. The molecular weight excluding hydrogens is 260 g/mol. The molecule has 0 aliphatic carbocycles. The molecule has 3 N–H and O–H groups in total. The summed E-state index contributed by atoms with van der Waals surface area (Å²) in [6.07, 6.45) is 14.4. The molecule has 126 valence electrons. The van der Waals surface area contributed by atoms with Gasteiger partial charge in [0.25, 0.3) is 0 Å². The molecule has 3 nitrogen and oxygen atoms in total. The van der Waals surface area contributed by atoms with Crippen LogP contribution in [0.4, 0.5) is 0 Å². The third-order valence-electron chi connectivity index (χ3n) is 4.41. The van der Waals surface area contributed by atoms with Gasteiger partial charge in [-0.25, -0.2) is 0 Å². The lowest BCUT2D eigenvalue weighted by atomic mass is 9.98. The Morgan fingerprint density at radius 3 is 1.81 bits per heavy atom. The van der Waals surface area contributed by atoms with Gasteiger partial charge in [0, 0.05) is 0 Å². The van der Waals surface area contributed by atoms with Crippen LogP contribution in [0.2, 0.25) is 0 Å². The molecule has 0 aromatic rings. The fraction of sp³-hybridized carbons (Fsp3) is 0.944. The van der Waals surface area contributed by atoms with Crippen LogP contribution in [0.5, 0.6) is 0 Å². The van der Waals surface area contributed by atoms with E-state index in [2.05, 4.69) is 26.1 Å². The van der Waals surface area contributed by atoms with Gasteiger partial charge in [-0.05, 0) is 18.9 Å². The lowest BCUT2D eigenvalue weighted by molar-refractivity contribution is -0.121. The molecule has 0 unspecified atom stereocenters. The van der Waals surface area contributed by atoms with Gasteiger partial charge in [0.2, 0.25) is 5.91 Å². The fourth-order valence-electron chi connectivity index (χ4n) is 2.69. The van der Waals surface area contributed by atoms with Crippen LogP contribution in [-0.4, -0.2) is 18.5 Å². The molecule has 21 heavy (non-hydrogen) atoms. The second kappa shape index (κ2) is 14.4. The van der Waals surface area contributed by atoms with Crippen molar-refractivity contribution in [2.75, 3.05) is 6.54 Å². The number of hydrogen-bond donors (Lipinski definition) is 2. The average molecular weight is 299 g/mol. The van der Waals surface area contributed by atoms with E-state index >= 15 is 0 Å². The monoisotopic (exact) mass is 298 g/mol. The Morgan fingerprint density at radius 1 is 0.905 bits per heavy atom. The lowest BCUT2D eigenvalue weighted by Crippen LogP contribution is -2.45. The van der Waals surface area contributed by atoms with Gasteiger partial charge in [0.1, 0.15) is 0 Å². The smallest absolute Gasteiger partial charge is 0.234 e. The van der Waals surface area contributed by atoms with Crippen molar-refractivity contribution in [1.82, 2.24) is 5.32 Å². The van der Waals surface area contributed by atoms with Crippen LogP contribution >= 0.6 is 0 Å². The van der Waals surface area contributed by atoms with E-state index in [0.29, 0.717) is 5.92 Å². The van der Waals surface area contributed by atoms with Gasteiger partial charge in [0.15, 0.2) is 0 Å². The lowest BCUT2D eigenvalue weighted by Gasteiger charge is -2.21. The molecule has 0 aromatic carbocycles. The largest absolute Gasteiger partial charge is 0.368 e. The average Bonchev–Trinajstić information content (AvgIpc) is 2.47. The van der Waals surface area contributed by atoms with E-state index in [1.54, 1.807) is 0 Å². The predicted molar refractivity (Wildman–Crippen MR) is 92.3 cm³/mol. The second-order valence-electron chi connectivity index (χ2n) is 6.40. The molecule has 1 amide bonds. The third-order valence-corrected chi connectivity index (χ3v) is 4.41. The van der Waals surface area contributed by atoms with Crippen LogP contribution in [0.1, 0.15) is 91.4 Å². The summed E-state index contributed by atoms with van der Waals surface area (Å²) in [6, 6.07) is -0.159. The third kappa shape index (κ3) is 11.7. The normalized spacial score (nSPS) is 14.0. The van der Waals surface area contributed by atoms with Crippen molar-refractivity contribution in [2.24, 2.45) is 11.7 Å². The molecule has 0 saturated carbocycles. The highest BCUT2D eigenvalue weighted by Gasteiger charge is 2.20. The number of hydrogen-bond acceptors (Lipinski definition) is 2. The first kappa shape index (κ1) is 20.4. The number of primary amides is 1. The molecule has 0 saturated heterocycles. The topological polar surface area (TPSA) is 55.1 Å². The van der Waals surface area contributed by atoms with Crippen molar-refractivity contribution in [3.05, 3.63) is 0 Å². The minimum Gasteiger partial charge on any atom is -0.368 e. The Morgan fingerprint density at radius 2 is 1.38 bits per heavy atom. The number of amides is 1. The molecule has 0 fully saturated rings. The van der Waals surface area contributed by atoms with Crippen molar-refractivity contribution in [2.45, 2.75) is 97.4 Å². The molecule has 0 heterocycles. The molecule has 3 heteroatoms. The first-order chi connectivity index (χ1) is 10.1. The summed E-state index contributed by atoms with van der Waals surface area (Å²) in [4.78, 5) is 11.4. The van der Waals surface area contributed by atoms with Gasteiger partial charge in [0.05, 0.1) is 6.04 Å². The first-order valence-corrected chi connectivity index (χ1v) is 9.16. The van der Waals surface area contributed by atoms with Crippen molar-refractivity contribution in [1.29, 1.82) is 0 Å². The molecular formula is C18H38N2O. The Balaban J connectivity index is 3.40. The zero-order valence-corrected chi connectivity index (χ0v) is 14.6. The maximum atomic E-state index is 11.4. The number of rotatable bonds is 15. The van der Waals surface area contributed by atoms with E-state index in [4.69, 9.17) is 5.73 Å². The highest BCUT2D eigenvalue weighted by molar-refractivity contribution is 5.80. The molecule has 0 spiro atoms. The summed E-state index contributed by atoms with van der Waals surface area (Å²) in [6.45, 7) is 7.36. The molecule has 0 radical (unpaired) electrons. The number of carbonyl (C=O) groups excluding carboxylic acids is 1. The molecule has 2 atom stereocenters. The first-order valence-electron chi connectivity index (χ1n) is 9.16. The van der Waals surface area contributed by atoms with Gasteiger partial charge in [-0.3, -0.25) is 4.79 Å². The Bertz CT molecular complexity index is 243. The number of nitrogens with two attached hydrogens (primary N) is 1. The Hall–Kier alpha value is -0.570. The van der Waals surface area contributed by atoms with E-state index in [9.17, 15) is 4.79 Å². The minimum absolute atomic E-state index is 0.159. The van der Waals surface area contributed by atoms with Gasteiger partial charge in [-0.2, -0.15) is 0 Å². The van der Waals surface area contributed by atoms with Crippen LogP contribution in [0, 0.1) is 5.92 Å². The number of carbonyl (C=O) groups is 1. The summed E-state index contributed by atoms with van der Waals surface area (Å²) < 4.78 is 0. The quantitative estimate of drug-likeness (QED) is 0.440. The minimum atomic E-state index is -0.212. The van der Waals surface area contributed by atoms with Crippen LogP contribution < -0.4 is 11.1 Å². The Labute approximate surface area is 132 Å². The highest BCUT2D eigenvalue weighted by Crippen LogP contribution is 2.11. The van der Waals surface area contributed by atoms with E-state index in [-0.39, 0.29) is 11.9 Å². The van der Waals surface area contributed by atoms with Gasteiger partial charge in [-0.15, -0.1) is 0 Å². The van der Waals surface area contributed by atoms with E-state index in [1.807, 2.05) is 0 Å². The maximum absolute atomic E-state index is 11.4. The summed E-state index contributed by atoms with van der Waals surface area (Å²) in [5, 5.41) is 3.32. The molecule has 0 aromatic heterocycles. The maximum Gasteiger partial charge on any atom is 0.234 e. The summed E-state index contributed by atoms with van der Waals surface area (Å²) >= 11 is 0. The van der Waals surface area contributed by atoms with Gasteiger partial charge >= 0.3 is 0 Å². The van der Waals surface area contributed by atoms with E-state index in [1.165, 1.54) is 57.8 Å². The highest BCUT2D eigenvalue weighted by atomic mass is 16.1. The number of unbranched alkanes of at least 4 members (excludes halogenated alkanes) is 9. The predicted octanol–water partition coefficient (Wildman–Crippen LogP) is 4.40. The van der Waals surface area contributed by atoms with Gasteiger partial charge < -0.3 is 11.1 Å². The molecule has 0 aliphatic rings. The van der Waals surface area contributed by atoms with Crippen LogP contribution in [0.15, 0.2) is 0 Å². The van der Waals surface area contributed by atoms with Crippen molar-refractivity contribution < 1.29 is 4.79 Å². The second-order valence-corrected chi connectivity index (χ2v) is 6.40. The molecule has 0 bridgehead atoms. The van der Waals surface area contributed by atoms with Gasteiger partial charge in [-0.1, -0.05) is 85.0 Å².